The summed E-state index contributed by atoms with van der Waals surface area (Å²) in [5, 5.41) is 0.835. The molecule has 0 atom stereocenters. The Morgan fingerprint density at radius 1 is 1.38 bits per heavy atom. The van der Waals surface area contributed by atoms with E-state index in [1.165, 1.54) is 32.1 Å². The summed E-state index contributed by atoms with van der Waals surface area (Å²) in [4.78, 5) is 0. The van der Waals surface area contributed by atoms with Crippen molar-refractivity contribution in [3.8, 4) is 0 Å². The minimum atomic E-state index is 0.550. The molecule has 0 heterocycles. The van der Waals surface area contributed by atoms with E-state index in [1.807, 2.05) is 6.08 Å². The fourth-order valence-electron chi connectivity index (χ4n) is 1.70. The molecule has 0 amide bonds. The molecule has 0 N–H and O–H groups in total. The molecule has 0 spiro atoms. The minimum absolute atomic E-state index is 0.550. The molecule has 0 aromatic carbocycles. The van der Waals surface area contributed by atoms with E-state index in [-0.39, 0.29) is 0 Å². The number of rotatable bonds is 4. The molecule has 1 nitrogen and oxygen atoms in total. The van der Waals surface area contributed by atoms with Crippen LogP contribution in [0.25, 0.3) is 0 Å². The Morgan fingerprint density at radius 3 is 2.69 bits per heavy atom. The highest BCUT2D eigenvalue weighted by Crippen LogP contribution is 2.25. The number of hydrogen-bond acceptors (Lipinski definition) is 2. The summed E-state index contributed by atoms with van der Waals surface area (Å²) < 4.78 is 5.48. The van der Waals surface area contributed by atoms with Gasteiger partial charge in [0.15, 0.2) is 5.05 Å². The highest BCUT2D eigenvalue weighted by molar-refractivity contribution is 7.80. The zero-order valence-corrected chi connectivity index (χ0v) is 8.94. The van der Waals surface area contributed by atoms with Crippen LogP contribution in [0, 0.1) is 5.92 Å². The first-order valence-corrected chi connectivity index (χ1v) is 5.53. The lowest BCUT2D eigenvalue weighted by atomic mass is 9.90. The molecule has 0 aliphatic heterocycles. The van der Waals surface area contributed by atoms with Crippen LogP contribution in [0.2, 0.25) is 0 Å². The number of ether oxygens (including phenoxy) is 1. The van der Waals surface area contributed by atoms with E-state index in [0.717, 1.165) is 11.5 Å². The molecule has 74 valence electrons. The van der Waals surface area contributed by atoms with Gasteiger partial charge in [-0.15, -0.1) is 6.58 Å². The van der Waals surface area contributed by atoms with Crippen molar-refractivity contribution in [3.63, 3.8) is 0 Å². The van der Waals surface area contributed by atoms with Gasteiger partial charge in [0.1, 0.15) is 0 Å². The average Bonchev–Trinajstić information content (AvgIpc) is 2.19. The molecule has 0 bridgehead atoms. The molecular weight excluding hydrogens is 180 g/mol. The monoisotopic (exact) mass is 198 g/mol. The van der Waals surface area contributed by atoms with Crippen LogP contribution in [0.5, 0.6) is 0 Å². The quantitative estimate of drug-likeness (QED) is 0.388. The first kappa shape index (κ1) is 10.7. The van der Waals surface area contributed by atoms with Crippen LogP contribution in [0.3, 0.4) is 0 Å². The summed E-state index contributed by atoms with van der Waals surface area (Å²) in [6.45, 7) is 4.35. The molecule has 2 heteroatoms. The zero-order chi connectivity index (χ0) is 9.52. The molecule has 0 saturated heterocycles. The van der Waals surface area contributed by atoms with Crippen LogP contribution >= 0.6 is 12.2 Å². The van der Waals surface area contributed by atoms with E-state index in [4.69, 9.17) is 17.0 Å². The van der Waals surface area contributed by atoms with Gasteiger partial charge in [-0.05, 0) is 31.5 Å². The zero-order valence-electron chi connectivity index (χ0n) is 8.13. The molecule has 1 aliphatic rings. The predicted molar refractivity (Wildman–Crippen MR) is 59.9 cm³/mol. The summed E-state index contributed by atoms with van der Waals surface area (Å²) in [6.07, 6.45) is 9.22. The molecule has 1 fully saturated rings. The lowest BCUT2D eigenvalue weighted by molar-refractivity contribution is 0.279. The van der Waals surface area contributed by atoms with E-state index >= 15 is 0 Å². The van der Waals surface area contributed by atoms with Crippen molar-refractivity contribution in [2.24, 2.45) is 5.92 Å². The van der Waals surface area contributed by atoms with Crippen molar-refractivity contribution in [2.45, 2.75) is 38.5 Å². The molecule has 0 unspecified atom stereocenters. The SMILES string of the molecule is C=CCCOC(=S)C1CCCCC1. The lowest BCUT2D eigenvalue weighted by Crippen LogP contribution is -2.18. The molecule has 0 radical (unpaired) electrons. The van der Waals surface area contributed by atoms with Crippen LogP contribution in [-0.2, 0) is 4.74 Å². The van der Waals surface area contributed by atoms with E-state index in [9.17, 15) is 0 Å². The Morgan fingerprint density at radius 2 is 2.08 bits per heavy atom. The van der Waals surface area contributed by atoms with Gasteiger partial charge in [0.05, 0.1) is 6.61 Å². The summed E-state index contributed by atoms with van der Waals surface area (Å²) in [7, 11) is 0. The minimum Gasteiger partial charge on any atom is -0.486 e. The molecule has 0 aromatic heterocycles. The number of thiocarbonyl (C=S) groups is 1. The van der Waals surface area contributed by atoms with Gasteiger partial charge >= 0.3 is 0 Å². The average molecular weight is 198 g/mol. The van der Waals surface area contributed by atoms with Gasteiger partial charge in [-0.2, -0.15) is 0 Å². The van der Waals surface area contributed by atoms with Crippen LogP contribution < -0.4 is 0 Å². The van der Waals surface area contributed by atoms with Crippen molar-refractivity contribution in [3.05, 3.63) is 12.7 Å². The Bertz CT molecular complexity index is 171. The summed E-state index contributed by atoms with van der Waals surface area (Å²) in [6, 6.07) is 0. The molecule has 1 rings (SSSR count). The third-order valence-electron chi connectivity index (χ3n) is 2.50. The van der Waals surface area contributed by atoms with Gasteiger partial charge < -0.3 is 4.74 Å². The normalized spacial score (nSPS) is 18.2. The second-order valence-corrected chi connectivity index (χ2v) is 3.98. The fraction of sp³-hybridized carbons (Fsp3) is 0.727. The molecule has 13 heavy (non-hydrogen) atoms. The first-order chi connectivity index (χ1) is 6.34. The largest absolute Gasteiger partial charge is 0.486 e. The predicted octanol–water partition coefficient (Wildman–Crippen LogP) is 3.49. The Kier molecular flexibility index (Phi) is 5.06. The molecule has 1 saturated carbocycles. The molecular formula is C11H18OS. The van der Waals surface area contributed by atoms with Crippen molar-refractivity contribution in [1.82, 2.24) is 0 Å². The van der Waals surface area contributed by atoms with Gasteiger partial charge in [0.25, 0.3) is 0 Å². The van der Waals surface area contributed by atoms with Crippen molar-refractivity contribution in [2.75, 3.05) is 6.61 Å². The molecule has 1 aliphatic carbocycles. The van der Waals surface area contributed by atoms with Crippen LogP contribution in [0.4, 0.5) is 0 Å². The highest BCUT2D eigenvalue weighted by atomic mass is 32.1. The van der Waals surface area contributed by atoms with Crippen LogP contribution in [-0.4, -0.2) is 11.7 Å². The van der Waals surface area contributed by atoms with E-state index < -0.39 is 0 Å². The van der Waals surface area contributed by atoms with Gasteiger partial charge in [-0.1, -0.05) is 25.3 Å². The first-order valence-electron chi connectivity index (χ1n) is 5.12. The second-order valence-electron chi connectivity index (χ2n) is 3.58. The fourth-order valence-corrected chi connectivity index (χ4v) is 2.02. The standard InChI is InChI=1S/C11H18OS/c1-2-3-9-12-11(13)10-7-5-4-6-8-10/h2,10H,1,3-9H2. The van der Waals surface area contributed by atoms with Crippen LogP contribution in [0.1, 0.15) is 38.5 Å². The van der Waals surface area contributed by atoms with Gasteiger partial charge in [0.2, 0.25) is 0 Å². The smallest absolute Gasteiger partial charge is 0.162 e. The Hall–Kier alpha value is -0.370. The molecule has 0 aromatic rings. The number of hydrogen-bond donors (Lipinski definition) is 0. The summed E-state index contributed by atoms with van der Waals surface area (Å²) >= 11 is 5.23. The van der Waals surface area contributed by atoms with Gasteiger partial charge in [-0.3, -0.25) is 0 Å². The highest BCUT2D eigenvalue weighted by Gasteiger charge is 2.18. The van der Waals surface area contributed by atoms with E-state index in [2.05, 4.69) is 6.58 Å². The summed E-state index contributed by atoms with van der Waals surface area (Å²) in [5.41, 5.74) is 0. The van der Waals surface area contributed by atoms with Gasteiger partial charge in [0, 0.05) is 5.92 Å². The van der Waals surface area contributed by atoms with E-state index in [0.29, 0.717) is 12.5 Å². The Labute approximate surface area is 86.2 Å². The van der Waals surface area contributed by atoms with Crippen LogP contribution in [0.15, 0.2) is 12.7 Å². The maximum atomic E-state index is 5.48. The van der Waals surface area contributed by atoms with Crippen molar-refractivity contribution >= 4 is 17.3 Å². The summed E-state index contributed by atoms with van der Waals surface area (Å²) in [5.74, 6) is 0.550. The van der Waals surface area contributed by atoms with Crippen molar-refractivity contribution < 1.29 is 4.74 Å². The third kappa shape index (κ3) is 3.90. The van der Waals surface area contributed by atoms with E-state index in [1.54, 1.807) is 0 Å². The third-order valence-corrected chi connectivity index (χ3v) is 2.96. The maximum absolute atomic E-state index is 5.48. The second kappa shape index (κ2) is 6.14. The lowest BCUT2D eigenvalue weighted by Gasteiger charge is -2.22. The Balaban J connectivity index is 2.17. The van der Waals surface area contributed by atoms with Crippen molar-refractivity contribution in [1.29, 1.82) is 0 Å². The van der Waals surface area contributed by atoms with Gasteiger partial charge in [-0.25, -0.2) is 0 Å². The maximum Gasteiger partial charge on any atom is 0.162 e. The topological polar surface area (TPSA) is 9.23 Å².